The summed E-state index contributed by atoms with van der Waals surface area (Å²) >= 11 is 0. The minimum absolute atomic E-state index is 0.00849. The first-order chi connectivity index (χ1) is 11.5. The maximum absolute atomic E-state index is 12.8. The molecule has 0 radical (unpaired) electrons. The molecule has 2 aromatic rings. The highest BCUT2D eigenvalue weighted by Gasteiger charge is 2.37. The van der Waals surface area contributed by atoms with E-state index in [9.17, 15) is 31.1 Å². The summed E-state index contributed by atoms with van der Waals surface area (Å²) in [5.41, 5.74) is -3.44. The van der Waals surface area contributed by atoms with Crippen LogP contribution in [0.5, 0.6) is 5.75 Å². The van der Waals surface area contributed by atoms with Crippen molar-refractivity contribution in [2.24, 2.45) is 0 Å². The van der Waals surface area contributed by atoms with Crippen molar-refractivity contribution in [2.45, 2.75) is 12.4 Å². The third-order valence-corrected chi connectivity index (χ3v) is 2.98. The van der Waals surface area contributed by atoms with Crippen molar-refractivity contribution in [3.05, 3.63) is 47.7 Å². The summed E-state index contributed by atoms with van der Waals surface area (Å²) < 4.78 is 81.8. The number of benzene rings is 1. The Bertz CT molecular complexity index is 736. The number of pyridine rings is 1. The lowest BCUT2D eigenvalue weighted by Crippen LogP contribution is -2.11. The van der Waals surface area contributed by atoms with Gasteiger partial charge >= 0.3 is 18.3 Å². The van der Waals surface area contributed by atoms with Crippen LogP contribution in [-0.2, 0) is 17.1 Å². The fraction of sp³-hybridized carbons (Fsp3) is 0.200. The predicted molar refractivity (Wildman–Crippen MR) is 72.8 cm³/mol. The van der Waals surface area contributed by atoms with E-state index in [1.54, 1.807) is 0 Å². The highest BCUT2D eigenvalue weighted by atomic mass is 19.4. The van der Waals surface area contributed by atoms with Crippen molar-refractivity contribution in [2.75, 3.05) is 6.61 Å². The highest BCUT2D eigenvalue weighted by molar-refractivity contribution is 5.68. The zero-order valence-corrected chi connectivity index (χ0v) is 12.1. The second kappa shape index (κ2) is 6.61. The standard InChI is InChI=1S/C15H9F6NO3/c16-14(17,18)9-3-8(4-10(5-9)15(19,20)21)12-2-1-11(6-22-12)25-7-13(23)24/h1-6H,7H2,(H,23,24). The first-order valence-electron chi connectivity index (χ1n) is 6.57. The Balaban J connectivity index is 2.42. The summed E-state index contributed by atoms with van der Waals surface area (Å²) in [6.07, 6.45) is -8.91. The van der Waals surface area contributed by atoms with E-state index < -0.39 is 36.1 Å². The van der Waals surface area contributed by atoms with Crippen LogP contribution >= 0.6 is 0 Å². The monoisotopic (exact) mass is 365 g/mol. The van der Waals surface area contributed by atoms with Crippen molar-refractivity contribution >= 4 is 5.97 Å². The average Bonchev–Trinajstić information content (AvgIpc) is 2.51. The Morgan fingerprint density at radius 1 is 1.00 bits per heavy atom. The second-order valence-corrected chi connectivity index (χ2v) is 4.86. The minimum atomic E-state index is -4.96. The maximum atomic E-state index is 12.8. The Morgan fingerprint density at radius 3 is 1.96 bits per heavy atom. The Labute approximate surface area is 136 Å². The van der Waals surface area contributed by atoms with Gasteiger partial charge in [-0.15, -0.1) is 0 Å². The maximum Gasteiger partial charge on any atom is 0.416 e. The van der Waals surface area contributed by atoms with Gasteiger partial charge in [-0.1, -0.05) is 0 Å². The molecule has 0 amide bonds. The van der Waals surface area contributed by atoms with Gasteiger partial charge in [-0.25, -0.2) is 4.79 Å². The number of halogens is 6. The summed E-state index contributed by atoms with van der Waals surface area (Å²) in [6.45, 7) is -0.664. The van der Waals surface area contributed by atoms with Gasteiger partial charge in [0, 0.05) is 5.56 Å². The number of alkyl halides is 6. The molecule has 134 valence electrons. The lowest BCUT2D eigenvalue weighted by Gasteiger charge is -2.14. The number of carbonyl (C=O) groups is 1. The van der Waals surface area contributed by atoms with Crippen LogP contribution in [0.15, 0.2) is 36.5 Å². The van der Waals surface area contributed by atoms with Gasteiger partial charge in [0.25, 0.3) is 0 Å². The predicted octanol–water partition coefficient (Wildman–Crippen LogP) is 4.25. The van der Waals surface area contributed by atoms with Crippen molar-refractivity contribution in [1.29, 1.82) is 0 Å². The van der Waals surface area contributed by atoms with E-state index >= 15 is 0 Å². The van der Waals surface area contributed by atoms with Crippen LogP contribution in [0.25, 0.3) is 11.3 Å². The second-order valence-electron chi connectivity index (χ2n) is 4.86. The molecule has 2 rings (SSSR count). The number of aliphatic carboxylic acids is 1. The number of carboxylic acid groups (broad SMARTS) is 1. The Morgan fingerprint density at radius 2 is 1.56 bits per heavy atom. The largest absolute Gasteiger partial charge is 0.480 e. The van der Waals surface area contributed by atoms with E-state index in [2.05, 4.69) is 4.98 Å². The number of carboxylic acids is 1. The molecule has 4 nitrogen and oxygen atoms in total. The molecular formula is C15H9F6NO3. The molecule has 25 heavy (non-hydrogen) atoms. The van der Waals surface area contributed by atoms with Crippen LogP contribution < -0.4 is 4.74 Å². The molecule has 0 aliphatic carbocycles. The normalized spacial score (nSPS) is 12.1. The lowest BCUT2D eigenvalue weighted by molar-refractivity contribution is -0.143. The SMILES string of the molecule is O=C(O)COc1ccc(-c2cc(C(F)(F)F)cc(C(F)(F)F)c2)nc1. The minimum Gasteiger partial charge on any atom is -0.480 e. The molecular weight excluding hydrogens is 356 g/mol. The van der Waals surface area contributed by atoms with Crippen molar-refractivity contribution in [3.63, 3.8) is 0 Å². The van der Waals surface area contributed by atoms with Gasteiger partial charge in [0.15, 0.2) is 6.61 Å². The summed E-state index contributed by atoms with van der Waals surface area (Å²) in [5, 5.41) is 8.46. The number of aromatic nitrogens is 1. The quantitative estimate of drug-likeness (QED) is 0.823. The highest BCUT2D eigenvalue weighted by Crippen LogP contribution is 2.38. The molecule has 0 aliphatic heterocycles. The molecule has 0 aliphatic rings. The number of nitrogens with zero attached hydrogens (tertiary/aromatic N) is 1. The number of hydrogen-bond donors (Lipinski definition) is 1. The Hall–Kier alpha value is -2.78. The lowest BCUT2D eigenvalue weighted by atomic mass is 10.0. The van der Waals surface area contributed by atoms with Crippen LogP contribution in [0.3, 0.4) is 0 Å². The van der Waals surface area contributed by atoms with E-state index in [-0.39, 0.29) is 23.1 Å². The first-order valence-corrected chi connectivity index (χ1v) is 6.57. The van der Waals surface area contributed by atoms with E-state index in [0.717, 1.165) is 12.3 Å². The molecule has 1 heterocycles. The smallest absolute Gasteiger partial charge is 0.416 e. The third kappa shape index (κ3) is 4.85. The molecule has 0 fully saturated rings. The van der Waals surface area contributed by atoms with E-state index in [1.165, 1.54) is 6.07 Å². The molecule has 1 aromatic heterocycles. The van der Waals surface area contributed by atoms with Crippen molar-refractivity contribution < 1.29 is 41.0 Å². The number of rotatable bonds is 4. The van der Waals surface area contributed by atoms with Crippen LogP contribution in [0.1, 0.15) is 11.1 Å². The topological polar surface area (TPSA) is 59.4 Å². The first kappa shape index (κ1) is 18.6. The van der Waals surface area contributed by atoms with E-state index in [4.69, 9.17) is 9.84 Å². The van der Waals surface area contributed by atoms with Gasteiger partial charge < -0.3 is 9.84 Å². The summed E-state index contributed by atoms with van der Waals surface area (Å²) in [6, 6.07) is 3.45. The summed E-state index contributed by atoms with van der Waals surface area (Å²) in [5.74, 6) is -1.24. The van der Waals surface area contributed by atoms with Crippen LogP contribution in [-0.4, -0.2) is 22.7 Å². The van der Waals surface area contributed by atoms with Gasteiger partial charge in [-0.2, -0.15) is 26.3 Å². The molecule has 0 saturated heterocycles. The Kier molecular flexibility index (Phi) is 4.91. The fourth-order valence-electron chi connectivity index (χ4n) is 1.88. The molecule has 10 heteroatoms. The third-order valence-electron chi connectivity index (χ3n) is 2.98. The molecule has 0 bridgehead atoms. The van der Waals surface area contributed by atoms with Crippen LogP contribution in [0.2, 0.25) is 0 Å². The van der Waals surface area contributed by atoms with Crippen molar-refractivity contribution in [3.8, 4) is 17.0 Å². The van der Waals surface area contributed by atoms with Crippen molar-refractivity contribution in [1.82, 2.24) is 4.98 Å². The fourth-order valence-corrected chi connectivity index (χ4v) is 1.88. The van der Waals surface area contributed by atoms with Crippen LogP contribution in [0, 0.1) is 0 Å². The number of hydrogen-bond acceptors (Lipinski definition) is 3. The van der Waals surface area contributed by atoms with Crippen LogP contribution in [0.4, 0.5) is 26.3 Å². The van der Waals surface area contributed by atoms with E-state index in [1.807, 2.05) is 0 Å². The zero-order chi connectivity index (χ0) is 18.8. The van der Waals surface area contributed by atoms with Gasteiger partial charge in [0.1, 0.15) is 5.75 Å². The van der Waals surface area contributed by atoms with Gasteiger partial charge in [-0.05, 0) is 30.3 Å². The summed E-state index contributed by atoms with van der Waals surface area (Å²) in [4.78, 5) is 14.1. The zero-order valence-electron chi connectivity index (χ0n) is 12.1. The molecule has 0 atom stereocenters. The van der Waals surface area contributed by atoms with Gasteiger partial charge in [-0.3, -0.25) is 4.98 Å². The molecule has 1 N–H and O–H groups in total. The summed E-state index contributed by atoms with van der Waals surface area (Å²) in [7, 11) is 0. The molecule has 0 unspecified atom stereocenters. The molecule has 0 saturated carbocycles. The average molecular weight is 365 g/mol. The number of ether oxygens (including phenoxy) is 1. The van der Waals surface area contributed by atoms with Gasteiger partial charge in [0.2, 0.25) is 0 Å². The molecule has 0 spiro atoms. The van der Waals surface area contributed by atoms with Gasteiger partial charge in [0.05, 0.1) is 23.0 Å². The molecule has 1 aromatic carbocycles. The van der Waals surface area contributed by atoms with E-state index in [0.29, 0.717) is 12.1 Å².